The maximum Gasteiger partial charge on any atom is 0.311 e. The maximum atomic E-state index is 11.9. The molecule has 1 saturated heterocycles. The minimum absolute atomic E-state index is 0. The first kappa shape index (κ1) is 23.2. The van der Waals surface area contributed by atoms with Crippen LogP contribution in [0.1, 0.15) is 40.0 Å². The lowest BCUT2D eigenvalue weighted by atomic mass is 9.88. The molecule has 0 saturated carbocycles. The Morgan fingerprint density at radius 2 is 1.71 bits per heavy atom. The highest BCUT2D eigenvalue weighted by molar-refractivity contribution is 5.85. The second-order valence-corrected chi connectivity index (χ2v) is 6.27. The van der Waals surface area contributed by atoms with E-state index in [0.29, 0.717) is 6.61 Å². The molecule has 0 radical (unpaired) electrons. The molecular weight excluding hydrogens is 311 g/mol. The Morgan fingerprint density at radius 3 is 2.24 bits per heavy atom. The van der Waals surface area contributed by atoms with E-state index in [4.69, 9.17) is 4.74 Å². The lowest BCUT2D eigenvalue weighted by molar-refractivity contribution is -0.154. The van der Waals surface area contributed by atoms with Crippen molar-refractivity contribution in [2.24, 2.45) is 5.41 Å². The van der Waals surface area contributed by atoms with E-state index in [1.165, 1.54) is 0 Å². The van der Waals surface area contributed by atoms with Crippen molar-refractivity contribution in [1.29, 1.82) is 0 Å². The molecule has 1 aliphatic heterocycles. The topological polar surface area (TPSA) is 32.8 Å². The average molecular weight is 343 g/mol. The van der Waals surface area contributed by atoms with Gasteiger partial charge in [-0.1, -0.05) is 13.3 Å². The Bertz CT molecular complexity index is 281. The van der Waals surface area contributed by atoms with Crippen LogP contribution in [0.4, 0.5) is 0 Å². The predicted molar refractivity (Wildman–Crippen MR) is 92.7 cm³/mol. The van der Waals surface area contributed by atoms with Gasteiger partial charge in [0.15, 0.2) is 0 Å². The molecular formula is C15H32Cl2N2O2. The first-order valence-electron chi connectivity index (χ1n) is 7.54. The van der Waals surface area contributed by atoms with E-state index in [1.54, 1.807) is 0 Å². The van der Waals surface area contributed by atoms with Gasteiger partial charge in [-0.2, -0.15) is 0 Å². The number of esters is 1. The fourth-order valence-corrected chi connectivity index (χ4v) is 2.45. The quantitative estimate of drug-likeness (QED) is 0.526. The Hall–Kier alpha value is -0.0300. The molecule has 1 fully saturated rings. The predicted octanol–water partition coefficient (Wildman–Crippen LogP) is 2.84. The van der Waals surface area contributed by atoms with E-state index < -0.39 is 0 Å². The van der Waals surface area contributed by atoms with Crippen molar-refractivity contribution in [1.82, 2.24) is 9.80 Å². The summed E-state index contributed by atoms with van der Waals surface area (Å²) < 4.78 is 5.40. The number of carbonyl (C=O) groups is 1. The zero-order chi connectivity index (χ0) is 14.3. The normalized spacial score (nSPS) is 16.8. The van der Waals surface area contributed by atoms with E-state index in [9.17, 15) is 4.79 Å². The molecule has 0 amide bonds. The Labute approximate surface area is 142 Å². The number of hydrogen-bond acceptors (Lipinski definition) is 4. The van der Waals surface area contributed by atoms with Gasteiger partial charge in [-0.05, 0) is 33.7 Å². The third-order valence-electron chi connectivity index (χ3n) is 3.88. The molecule has 0 spiro atoms. The molecule has 21 heavy (non-hydrogen) atoms. The smallest absolute Gasteiger partial charge is 0.311 e. The number of halogens is 2. The number of hydrogen-bond donors (Lipinski definition) is 0. The van der Waals surface area contributed by atoms with E-state index in [0.717, 1.165) is 52.0 Å². The molecule has 0 N–H and O–H groups in total. The zero-order valence-corrected chi connectivity index (χ0v) is 15.5. The van der Waals surface area contributed by atoms with Crippen molar-refractivity contribution in [2.45, 2.75) is 40.0 Å². The number of rotatable bonds is 7. The van der Waals surface area contributed by atoms with Crippen LogP contribution in [-0.4, -0.2) is 62.1 Å². The summed E-state index contributed by atoms with van der Waals surface area (Å²) in [5, 5.41) is 0. The lowest BCUT2D eigenvalue weighted by Gasteiger charge is -2.32. The average Bonchev–Trinajstić information content (AvgIpc) is 2.36. The molecule has 0 aromatic rings. The van der Waals surface area contributed by atoms with Crippen LogP contribution in [0.2, 0.25) is 0 Å². The van der Waals surface area contributed by atoms with Crippen LogP contribution in [-0.2, 0) is 9.53 Å². The van der Waals surface area contributed by atoms with Gasteiger partial charge in [0.25, 0.3) is 0 Å². The van der Waals surface area contributed by atoms with E-state index in [2.05, 4.69) is 23.8 Å². The summed E-state index contributed by atoms with van der Waals surface area (Å²) in [6.45, 7) is 12.2. The monoisotopic (exact) mass is 342 g/mol. The lowest BCUT2D eigenvalue weighted by Crippen LogP contribution is -2.44. The van der Waals surface area contributed by atoms with Crippen LogP contribution in [0, 0.1) is 5.41 Å². The summed E-state index contributed by atoms with van der Waals surface area (Å²) in [7, 11) is 2.16. The van der Waals surface area contributed by atoms with Gasteiger partial charge in [0.2, 0.25) is 0 Å². The van der Waals surface area contributed by atoms with Gasteiger partial charge in [-0.3, -0.25) is 4.79 Å². The molecule has 0 aliphatic carbocycles. The summed E-state index contributed by atoms with van der Waals surface area (Å²) in [5.74, 6) is -0.0484. The second-order valence-electron chi connectivity index (χ2n) is 6.27. The second kappa shape index (κ2) is 11.5. The van der Waals surface area contributed by atoms with Crippen molar-refractivity contribution in [2.75, 3.05) is 46.4 Å². The summed E-state index contributed by atoms with van der Waals surface area (Å²) >= 11 is 0. The Morgan fingerprint density at radius 1 is 1.14 bits per heavy atom. The first-order chi connectivity index (χ1) is 8.95. The molecule has 0 atom stereocenters. The van der Waals surface area contributed by atoms with Crippen LogP contribution in [0.15, 0.2) is 0 Å². The summed E-state index contributed by atoms with van der Waals surface area (Å²) in [6.07, 6.45) is 2.85. The molecule has 0 bridgehead atoms. The molecule has 128 valence electrons. The van der Waals surface area contributed by atoms with E-state index in [1.807, 2.05) is 13.8 Å². The van der Waals surface area contributed by atoms with Crippen LogP contribution in [0.5, 0.6) is 0 Å². The third kappa shape index (κ3) is 8.87. The minimum Gasteiger partial charge on any atom is -0.465 e. The van der Waals surface area contributed by atoms with Crippen molar-refractivity contribution >= 4 is 30.8 Å². The van der Waals surface area contributed by atoms with Gasteiger partial charge >= 0.3 is 5.97 Å². The Kier molecular flexibility index (Phi) is 12.8. The third-order valence-corrected chi connectivity index (χ3v) is 3.88. The summed E-state index contributed by atoms with van der Waals surface area (Å²) in [4.78, 5) is 16.7. The fourth-order valence-electron chi connectivity index (χ4n) is 2.45. The van der Waals surface area contributed by atoms with Crippen LogP contribution >= 0.6 is 24.8 Å². The van der Waals surface area contributed by atoms with Crippen molar-refractivity contribution < 1.29 is 9.53 Å². The van der Waals surface area contributed by atoms with E-state index in [-0.39, 0.29) is 36.2 Å². The van der Waals surface area contributed by atoms with Gasteiger partial charge in [0.1, 0.15) is 0 Å². The number of piperazine rings is 1. The van der Waals surface area contributed by atoms with Crippen molar-refractivity contribution in [3.8, 4) is 0 Å². The number of ether oxygens (including phenoxy) is 1. The number of likely N-dealkylation sites (N-methyl/N-ethyl adjacent to an activating group) is 1. The van der Waals surface area contributed by atoms with E-state index >= 15 is 0 Å². The molecule has 0 aromatic heterocycles. The van der Waals surface area contributed by atoms with Crippen molar-refractivity contribution in [3.05, 3.63) is 0 Å². The standard InChI is InChI=1S/C15H30N2O2.2ClH/c1-5-7-15(2,3)14(18)19-13-6-8-17-11-9-16(4)10-12-17;;/h5-13H2,1-4H3;2*1H. The molecule has 4 nitrogen and oxygen atoms in total. The summed E-state index contributed by atoms with van der Waals surface area (Å²) in [6, 6.07) is 0. The number of carbonyl (C=O) groups excluding carboxylic acids is 1. The maximum absolute atomic E-state index is 11.9. The van der Waals surface area contributed by atoms with Gasteiger partial charge in [0.05, 0.1) is 12.0 Å². The van der Waals surface area contributed by atoms with Gasteiger partial charge in [-0.15, -0.1) is 24.8 Å². The van der Waals surface area contributed by atoms with Gasteiger partial charge in [0, 0.05) is 32.7 Å². The highest BCUT2D eigenvalue weighted by atomic mass is 35.5. The first-order valence-corrected chi connectivity index (χ1v) is 7.54. The fraction of sp³-hybridized carbons (Fsp3) is 0.933. The minimum atomic E-state index is -0.331. The zero-order valence-electron chi connectivity index (χ0n) is 13.9. The SMILES string of the molecule is CCCC(C)(C)C(=O)OCCCN1CCN(C)CC1.Cl.Cl. The highest BCUT2D eigenvalue weighted by Gasteiger charge is 2.28. The molecule has 0 aromatic carbocycles. The molecule has 1 aliphatic rings. The van der Waals surface area contributed by atoms with Crippen LogP contribution < -0.4 is 0 Å². The number of nitrogens with zero attached hydrogens (tertiary/aromatic N) is 2. The molecule has 0 unspecified atom stereocenters. The highest BCUT2D eigenvalue weighted by Crippen LogP contribution is 2.23. The summed E-state index contributed by atoms with van der Waals surface area (Å²) in [5.41, 5.74) is -0.331. The van der Waals surface area contributed by atoms with Crippen LogP contribution in [0.25, 0.3) is 0 Å². The Balaban J connectivity index is 0. The molecule has 6 heteroatoms. The van der Waals surface area contributed by atoms with Gasteiger partial charge in [-0.25, -0.2) is 0 Å². The molecule has 1 rings (SSSR count). The van der Waals surface area contributed by atoms with Crippen LogP contribution in [0.3, 0.4) is 0 Å². The van der Waals surface area contributed by atoms with Gasteiger partial charge < -0.3 is 14.5 Å². The molecule has 1 heterocycles. The largest absolute Gasteiger partial charge is 0.465 e. The van der Waals surface area contributed by atoms with Crippen molar-refractivity contribution in [3.63, 3.8) is 0 Å².